The Bertz CT molecular complexity index is 1340. The van der Waals surface area contributed by atoms with Gasteiger partial charge in [-0.25, -0.2) is 0 Å². The summed E-state index contributed by atoms with van der Waals surface area (Å²) in [4.78, 5) is 25.9. The molecule has 0 saturated carbocycles. The average molecular weight is 677 g/mol. The van der Waals surface area contributed by atoms with Gasteiger partial charge in [-0.2, -0.15) is 8.42 Å². The number of hydrogen-bond donors (Lipinski definition) is 1. The van der Waals surface area contributed by atoms with Crippen LogP contribution in [0.3, 0.4) is 0 Å². The van der Waals surface area contributed by atoms with Gasteiger partial charge in [-0.1, -0.05) is 95.3 Å². The Hall–Kier alpha value is -2.61. The monoisotopic (exact) mass is 676 g/mol. The van der Waals surface area contributed by atoms with Gasteiger partial charge in [0.15, 0.2) is 0 Å². The largest absolute Gasteiger partial charge is 0.462 e. The standard InChI is InChI=1S/C34H52N2O8SSi/c1-26(2)44-31(37)23-36-27(22-30(35)32(36)38)24-41-20-21-45(39,40)42-25-34(6,7)18-19-43-46(33(3,4)5,28-14-10-8-11-15-28)29-16-12-9-13-17-29/h8-17,26-27,30H,18-25,35H2,1-7H3/t27-,30-/m0/s1. The van der Waals surface area contributed by atoms with Crippen LogP contribution >= 0.6 is 0 Å². The van der Waals surface area contributed by atoms with Crippen molar-refractivity contribution in [2.45, 2.75) is 84.5 Å². The maximum atomic E-state index is 12.8. The third-order valence-electron chi connectivity index (χ3n) is 8.17. The van der Waals surface area contributed by atoms with Crippen LogP contribution in [0.2, 0.25) is 5.04 Å². The van der Waals surface area contributed by atoms with E-state index in [2.05, 4.69) is 45.0 Å². The first-order valence-corrected chi connectivity index (χ1v) is 19.4. The van der Waals surface area contributed by atoms with E-state index in [1.807, 2.05) is 50.2 Å². The molecule has 2 atom stereocenters. The van der Waals surface area contributed by atoms with E-state index in [0.29, 0.717) is 19.4 Å². The molecule has 0 unspecified atom stereocenters. The van der Waals surface area contributed by atoms with Crippen LogP contribution in [0, 0.1) is 5.41 Å². The second-order valence-electron chi connectivity index (χ2n) is 14.0. The summed E-state index contributed by atoms with van der Waals surface area (Å²) < 4.78 is 48.7. The van der Waals surface area contributed by atoms with Gasteiger partial charge in [0.05, 0.1) is 43.8 Å². The van der Waals surface area contributed by atoms with Crippen LogP contribution in [-0.2, 0) is 37.8 Å². The van der Waals surface area contributed by atoms with Crippen molar-refractivity contribution in [1.29, 1.82) is 0 Å². The summed E-state index contributed by atoms with van der Waals surface area (Å²) in [5.74, 6) is -1.23. The fourth-order valence-corrected chi connectivity index (χ4v) is 11.2. The molecule has 0 radical (unpaired) electrons. The fraction of sp³-hybridized carbons (Fsp3) is 0.588. The summed E-state index contributed by atoms with van der Waals surface area (Å²) in [5, 5.41) is 2.21. The van der Waals surface area contributed by atoms with Gasteiger partial charge in [0.1, 0.15) is 6.54 Å². The molecule has 2 aromatic rings. The normalized spacial score (nSPS) is 17.9. The minimum Gasteiger partial charge on any atom is -0.462 e. The third kappa shape index (κ3) is 10.2. The molecular weight excluding hydrogens is 625 g/mol. The molecule has 2 aromatic carbocycles. The molecule has 2 N–H and O–H groups in total. The maximum absolute atomic E-state index is 12.8. The second kappa shape index (κ2) is 16.0. The van der Waals surface area contributed by atoms with Crippen LogP contribution in [0.5, 0.6) is 0 Å². The van der Waals surface area contributed by atoms with Gasteiger partial charge in [-0.05, 0) is 47.5 Å². The number of rotatable bonds is 17. The maximum Gasteiger partial charge on any atom is 0.325 e. The number of likely N-dealkylation sites (tertiary alicyclic amines) is 1. The summed E-state index contributed by atoms with van der Waals surface area (Å²) in [6.07, 6.45) is 0.592. The van der Waals surface area contributed by atoms with Crippen molar-refractivity contribution in [3.05, 3.63) is 60.7 Å². The van der Waals surface area contributed by atoms with E-state index in [1.165, 1.54) is 15.3 Å². The Labute approximate surface area is 276 Å². The van der Waals surface area contributed by atoms with Crippen molar-refractivity contribution in [3.8, 4) is 0 Å². The molecule has 1 saturated heterocycles. The van der Waals surface area contributed by atoms with E-state index in [-0.39, 0.29) is 49.2 Å². The molecule has 1 aliphatic heterocycles. The van der Waals surface area contributed by atoms with Crippen molar-refractivity contribution in [2.24, 2.45) is 11.1 Å². The van der Waals surface area contributed by atoms with Gasteiger partial charge in [-0.15, -0.1) is 0 Å². The van der Waals surface area contributed by atoms with E-state index in [4.69, 9.17) is 23.8 Å². The highest BCUT2D eigenvalue weighted by atomic mass is 32.2. The van der Waals surface area contributed by atoms with Crippen molar-refractivity contribution in [3.63, 3.8) is 0 Å². The highest BCUT2D eigenvalue weighted by molar-refractivity contribution is 7.86. The van der Waals surface area contributed by atoms with E-state index >= 15 is 0 Å². The number of amides is 1. The summed E-state index contributed by atoms with van der Waals surface area (Å²) in [6, 6.07) is 19.6. The molecule has 1 heterocycles. The number of nitrogens with zero attached hydrogens (tertiary/aromatic N) is 1. The lowest BCUT2D eigenvalue weighted by Gasteiger charge is -2.43. The SMILES string of the molecule is CC(C)OC(=O)CN1C(=O)[C@@H](N)C[C@H]1COCCS(=O)(=O)OCC(C)(C)CCO[Si](c1ccccc1)(c1ccccc1)C(C)(C)C. The van der Waals surface area contributed by atoms with Crippen LogP contribution in [0.4, 0.5) is 0 Å². The number of benzene rings is 2. The molecule has 0 bridgehead atoms. The molecule has 0 aliphatic carbocycles. The van der Waals surface area contributed by atoms with Crippen molar-refractivity contribution < 1.29 is 36.1 Å². The van der Waals surface area contributed by atoms with Crippen molar-refractivity contribution >= 4 is 40.7 Å². The highest BCUT2D eigenvalue weighted by Crippen LogP contribution is 2.37. The van der Waals surface area contributed by atoms with E-state index in [1.54, 1.807) is 13.8 Å². The number of esters is 1. The summed E-state index contributed by atoms with van der Waals surface area (Å²) in [7, 11) is -6.58. The number of ether oxygens (including phenoxy) is 2. The fourth-order valence-electron chi connectivity index (χ4n) is 5.72. The van der Waals surface area contributed by atoms with Gasteiger partial charge in [0, 0.05) is 6.61 Å². The predicted molar refractivity (Wildman–Crippen MR) is 182 cm³/mol. The van der Waals surface area contributed by atoms with Crippen LogP contribution in [0.25, 0.3) is 0 Å². The Kier molecular flexibility index (Phi) is 13.2. The smallest absolute Gasteiger partial charge is 0.325 e. The van der Waals surface area contributed by atoms with E-state index < -0.39 is 41.9 Å². The van der Waals surface area contributed by atoms with Crippen LogP contribution in [0.1, 0.15) is 61.3 Å². The van der Waals surface area contributed by atoms with Crippen LogP contribution in [-0.4, -0.2) is 90.4 Å². The van der Waals surface area contributed by atoms with Crippen molar-refractivity contribution in [2.75, 3.05) is 38.7 Å². The summed E-state index contributed by atoms with van der Waals surface area (Å²) in [6.45, 7) is 14.2. The number of carbonyl (C=O) groups excluding carboxylic acids is 2. The van der Waals surface area contributed by atoms with Gasteiger partial charge in [0.25, 0.3) is 18.4 Å². The van der Waals surface area contributed by atoms with Gasteiger partial charge >= 0.3 is 5.97 Å². The van der Waals surface area contributed by atoms with Crippen LogP contribution < -0.4 is 16.1 Å². The Morgan fingerprint density at radius 1 is 0.978 bits per heavy atom. The molecule has 12 heteroatoms. The Morgan fingerprint density at radius 2 is 1.54 bits per heavy atom. The van der Waals surface area contributed by atoms with Crippen LogP contribution in [0.15, 0.2) is 60.7 Å². The molecule has 1 fully saturated rings. The average Bonchev–Trinajstić information content (AvgIpc) is 3.24. The first-order chi connectivity index (χ1) is 21.5. The number of nitrogens with two attached hydrogens (primary N) is 1. The molecular formula is C34H52N2O8SSi. The molecule has 1 aliphatic rings. The minimum absolute atomic E-state index is 0.00282. The molecule has 1 amide bonds. The number of carbonyl (C=O) groups is 2. The third-order valence-corrected chi connectivity index (χ3v) is 14.4. The Morgan fingerprint density at radius 3 is 2.07 bits per heavy atom. The number of hydrogen-bond acceptors (Lipinski definition) is 9. The summed E-state index contributed by atoms with van der Waals surface area (Å²) in [5.41, 5.74) is 5.43. The van der Waals surface area contributed by atoms with E-state index in [9.17, 15) is 18.0 Å². The molecule has 0 aromatic heterocycles. The molecule has 10 nitrogen and oxygen atoms in total. The minimum atomic E-state index is -3.88. The molecule has 3 rings (SSSR count). The van der Waals surface area contributed by atoms with E-state index in [0.717, 1.165) is 0 Å². The van der Waals surface area contributed by atoms with Gasteiger partial charge in [-0.3, -0.25) is 13.8 Å². The van der Waals surface area contributed by atoms with Gasteiger partial charge in [0.2, 0.25) is 5.91 Å². The molecule has 46 heavy (non-hydrogen) atoms. The first kappa shape index (κ1) is 37.8. The first-order valence-electron chi connectivity index (χ1n) is 15.9. The molecule has 256 valence electrons. The zero-order chi connectivity index (χ0) is 34.2. The second-order valence-corrected chi connectivity index (χ2v) is 20.1. The highest BCUT2D eigenvalue weighted by Gasteiger charge is 2.50. The lowest BCUT2D eigenvalue weighted by Crippen LogP contribution is -2.66. The molecule has 0 spiro atoms. The zero-order valence-corrected chi connectivity index (χ0v) is 30.2. The van der Waals surface area contributed by atoms with Crippen molar-refractivity contribution in [1.82, 2.24) is 4.90 Å². The quantitative estimate of drug-likeness (QED) is 0.116. The zero-order valence-electron chi connectivity index (χ0n) is 28.4. The lowest BCUT2D eigenvalue weighted by molar-refractivity contribution is -0.152. The Balaban J connectivity index is 1.54. The topological polar surface area (TPSA) is 134 Å². The predicted octanol–water partition coefficient (Wildman–Crippen LogP) is 3.22. The van der Waals surface area contributed by atoms with Gasteiger partial charge < -0.3 is 24.5 Å². The summed E-state index contributed by atoms with van der Waals surface area (Å²) >= 11 is 0. The lowest BCUT2D eigenvalue weighted by atomic mass is 9.91.